The van der Waals surface area contributed by atoms with E-state index in [0.717, 1.165) is 34.0 Å². The van der Waals surface area contributed by atoms with Crippen LogP contribution in [0, 0.1) is 0 Å². The van der Waals surface area contributed by atoms with Crippen molar-refractivity contribution in [1.82, 2.24) is 0 Å². The summed E-state index contributed by atoms with van der Waals surface area (Å²) < 4.78 is 11.0. The normalized spacial score (nSPS) is 14.3. The van der Waals surface area contributed by atoms with E-state index < -0.39 is 0 Å². The van der Waals surface area contributed by atoms with Crippen molar-refractivity contribution < 1.29 is 9.47 Å². The number of methoxy groups -OCH3 is 1. The molecule has 102 valence electrons. The highest BCUT2D eigenvalue weighted by molar-refractivity contribution is 6.30. The third-order valence-corrected chi connectivity index (χ3v) is 3.35. The van der Waals surface area contributed by atoms with Gasteiger partial charge in [-0.05, 0) is 24.6 Å². The van der Waals surface area contributed by atoms with Crippen molar-refractivity contribution in [3.8, 4) is 0 Å². The van der Waals surface area contributed by atoms with Crippen molar-refractivity contribution in [2.75, 3.05) is 25.6 Å². The summed E-state index contributed by atoms with van der Waals surface area (Å²) in [6, 6.07) is 5.83. The highest BCUT2D eigenvalue weighted by atomic mass is 35.5. The molecule has 0 amide bonds. The van der Waals surface area contributed by atoms with Gasteiger partial charge in [0.15, 0.2) is 0 Å². The lowest BCUT2D eigenvalue weighted by Gasteiger charge is -2.14. The van der Waals surface area contributed by atoms with Gasteiger partial charge in [0.2, 0.25) is 0 Å². The fourth-order valence-electron chi connectivity index (χ4n) is 2.15. The first-order valence-electron chi connectivity index (χ1n) is 6.26. The van der Waals surface area contributed by atoms with E-state index in [4.69, 9.17) is 21.1 Å². The molecule has 3 nitrogen and oxygen atoms in total. The topological polar surface area (TPSA) is 30.5 Å². The molecule has 19 heavy (non-hydrogen) atoms. The zero-order valence-electron chi connectivity index (χ0n) is 11.3. The van der Waals surface area contributed by atoms with Crippen molar-refractivity contribution in [1.29, 1.82) is 0 Å². The average molecular weight is 280 g/mol. The molecule has 0 fully saturated rings. The minimum Gasteiger partial charge on any atom is -0.499 e. The van der Waals surface area contributed by atoms with Gasteiger partial charge in [0.1, 0.15) is 11.5 Å². The number of hydrogen-bond donors (Lipinski definition) is 1. The molecule has 1 aromatic carbocycles. The van der Waals surface area contributed by atoms with Gasteiger partial charge in [-0.1, -0.05) is 24.2 Å². The zero-order valence-corrected chi connectivity index (χ0v) is 12.0. The lowest BCUT2D eigenvalue weighted by atomic mass is 10.0. The number of ether oxygens (including phenoxy) is 2. The number of hydrogen-bond acceptors (Lipinski definition) is 3. The van der Waals surface area contributed by atoms with E-state index in [2.05, 4.69) is 11.9 Å². The van der Waals surface area contributed by atoms with Crippen LogP contribution in [0.4, 0.5) is 5.69 Å². The standard InChI is InChI=1S/C15H18ClNO2/c1-4-19-10(2)13-7-11-5-6-12(16)8-14(11)17-9-15(13)18-3/h5-6,8,17H,2,4,7,9H2,1,3H3. The van der Waals surface area contributed by atoms with Gasteiger partial charge in [0.25, 0.3) is 0 Å². The van der Waals surface area contributed by atoms with Gasteiger partial charge >= 0.3 is 0 Å². The van der Waals surface area contributed by atoms with Gasteiger partial charge in [-0.3, -0.25) is 0 Å². The molecule has 1 aromatic rings. The first kappa shape index (κ1) is 13.8. The maximum atomic E-state index is 6.02. The third-order valence-electron chi connectivity index (χ3n) is 3.12. The first-order valence-corrected chi connectivity index (χ1v) is 6.64. The lowest BCUT2D eigenvalue weighted by molar-refractivity contribution is 0.227. The Morgan fingerprint density at radius 3 is 2.95 bits per heavy atom. The van der Waals surface area contributed by atoms with Crippen LogP contribution in [0.3, 0.4) is 0 Å². The van der Waals surface area contributed by atoms with Crippen molar-refractivity contribution in [2.24, 2.45) is 0 Å². The highest BCUT2D eigenvalue weighted by Gasteiger charge is 2.19. The van der Waals surface area contributed by atoms with E-state index in [-0.39, 0.29) is 0 Å². The molecule has 4 heteroatoms. The molecule has 0 bridgehead atoms. The summed E-state index contributed by atoms with van der Waals surface area (Å²) in [5.74, 6) is 1.52. The number of halogens is 1. The summed E-state index contributed by atoms with van der Waals surface area (Å²) in [4.78, 5) is 0. The molecular weight excluding hydrogens is 262 g/mol. The van der Waals surface area contributed by atoms with Crippen LogP contribution in [-0.2, 0) is 15.9 Å². The fourth-order valence-corrected chi connectivity index (χ4v) is 2.32. The Hall–Kier alpha value is -1.61. The van der Waals surface area contributed by atoms with Gasteiger partial charge in [-0.2, -0.15) is 0 Å². The van der Waals surface area contributed by atoms with Crippen LogP contribution in [-0.4, -0.2) is 20.3 Å². The lowest BCUT2D eigenvalue weighted by Crippen LogP contribution is -2.08. The molecule has 0 saturated carbocycles. The van der Waals surface area contributed by atoms with Crippen LogP contribution >= 0.6 is 11.6 Å². The van der Waals surface area contributed by atoms with E-state index in [1.807, 2.05) is 25.1 Å². The molecule has 1 aliphatic heterocycles. The largest absolute Gasteiger partial charge is 0.499 e. The summed E-state index contributed by atoms with van der Waals surface area (Å²) in [6.07, 6.45) is 0.724. The Balaban J connectivity index is 2.36. The van der Waals surface area contributed by atoms with Gasteiger partial charge in [0, 0.05) is 22.7 Å². The summed E-state index contributed by atoms with van der Waals surface area (Å²) in [7, 11) is 1.67. The second kappa shape index (κ2) is 6.02. The minimum absolute atomic E-state index is 0.597. The zero-order chi connectivity index (χ0) is 13.8. The summed E-state index contributed by atoms with van der Waals surface area (Å²) >= 11 is 6.02. The number of allylic oxidation sites excluding steroid dienone is 1. The van der Waals surface area contributed by atoms with E-state index >= 15 is 0 Å². The Kier molecular flexibility index (Phi) is 4.38. The summed E-state index contributed by atoms with van der Waals surface area (Å²) in [5.41, 5.74) is 3.19. The molecule has 1 heterocycles. The predicted molar refractivity (Wildman–Crippen MR) is 78.4 cm³/mol. The quantitative estimate of drug-likeness (QED) is 0.852. The number of fused-ring (bicyclic) bond motifs is 1. The Morgan fingerprint density at radius 2 is 2.26 bits per heavy atom. The van der Waals surface area contributed by atoms with Crippen LogP contribution in [0.25, 0.3) is 0 Å². The fraction of sp³-hybridized carbons (Fsp3) is 0.333. The number of anilines is 1. The molecule has 1 N–H and O–H groups in total. The van der Waals surface area contributed by atoms with Gasteiger partial charge in [-0.15, -0.1) is 0 Å². The van der Waals surface area contributed by atoms with Crippen LogP contribution in [0.2, 0.25) is 5.02 Å². The molecule has 0 atom stereocenters. The molecule has 2 rings (SSSR count). The van der Waals surface area contributed by atoms with Crippen LogP contribution < -0.4 is 5.32 Å². The summed E-state index contributed by atoms with van der Waals surface area (Å²) in [5, 5.41) is 4.05. The third kappa shape index (κ3) is 3.04. The molecule has 0 unspecified atom stereocenters. The van der Waals surface area contributed by atoms with Crippen molar-refractivity contribution in [3.63, 3.8) is 0 Å². The Labute approximate surface area is 118 Å². The van der Waals surface area contributed by atoms with E-state index in [1.54, 1.807) is 7.11 Å². The van der Waals surface area contributed by atoms with Crippen molar-refractivity contribution in [2.45, 2.75) is 13.3 Å². The molecule has 0 radical (unpaired) electrons. The Morgan fingerprint density at radius 1 is 1.47 bits per heavy atom. The van der Waals surface area contributed by atoms with Crippen LogP contribution in [0.1, 0.15) is 12.5 Å². The first-order chi connectivity index (χ1) is 9.15. The average Bonchev–Trinajstić information content (AvgIpc) is 2.57. The SMILES string of the molecule is C=C(OCC)C1=C(OC)CNc2cc(Cl)ccc2C1. The molecule has 1 aliphatic rings. The summed E-state index contributed by atoms with van der Waals surface area (Å²) in [6.45, 7) is 7.13. The van der Waals surface area contributed by atoms with Gasteiger partial charge < -0.3 is 14.8 Å². The predicted octanol–water partition coefficient (Wildman–Crippen LogP) is 3.76. The number of rotatable bonds is 4. The second-order valence-corrected chi connectivity index (χ2v) is 4.73. The minimum atomic E-state index is 0.597. The number of benzene rings is 1. The number of nitrogens with one attached hydrogen (secondary N) is 1. The monoisotopic (exact) mass is 279 g/mol. The Bertz CT molecular complexity index is 523. The molecule has 0 saturated heterocycles. The molecule has 0 aliphatic carbocycles. The highest BCUT2D eigenvalue weighted by Crippen LogP contribution is 2.30. The maximum Gasteiger partial charge on any atom is 0.122 e. The van der Waals surface area contributed by atoms with Crippen LogP contribution in [0.15, 0.2) is 41.9 Å². The molecule has 0 spiro atoms. The van der Waals surface area contributed by atoms with E-state index in [0.29, 0.717) is 18.9 Å². The molecular formula is C15H18ClNO2. The van der Waals surface area contributed by atoms with Crippen LogP contribution in [0.5, 0.6) is 0 Å². The van der Waals surface area contributed by atoms with E-state index in [9.17, 15) is 0 Å². The van der Waals surface area contributed by atoms with E-state index in [1.165, 1.54) is 0 Å². The smallest absolute Gasteiger partial charge is 0.122 e. The second-order valence-electron chi connectivity index (χ2n) is 4.29. The maximum absolute atomic E-state index is 6.02. The van der Waals surface area contributed by atoms with Crippen molar-refractivity contribution in [3.05, 3.63) is 52.5 Å². The van der Waals surface area contributed by atoms with Gasteiger partial charge in [-0.25, -0.2) is 0 Å². The van der Waals surface area contributed by atoms with Gasteiger partial charge in [0.05, 0.1) is 20.3 Å². The van der Waals surface area contributed by atoms with Crippen molar-refractivity contribution >= 4 is 17.3 Å². The molecule has 0 aromatic heterocycles.